The van der Waals surface area contributed by atoms with Crippen LogP contribution in [-0.4, -0.2) is 26.7 Å². The highest BCUT2D eigenvalue weighted by Crippen LogP contribution is 2.00. The fraction of sp³-hybridized carbons (Fsp3) is 0.222. The molecule has 7 heteroatoms. The first-order chi connectivity index (χ1) is 7.88. The smallest absolute Gasteiger partial charge is 0.213 e. The molecule has 0 saturated carbocycles. The van der Waals surface area contributed by atoms with E-state index in [9.17, 15) is 0 Å². The van der Waals surface area contributed by atoms with E-state index < -0.39 is 0 Å². The van der Waals surface area contributed by atoms with Crippen LogP contribution in [-0.2, 0) is 6.42 Å². The van der Waals surface area contributed by atoms with Crippen molar-refractivity contribution in [3.8, 4) is 6.07 Å². The van der Waals surface area contributed by atoms with Crippen molar-refractivity contribution in [2.75, 3.05) is 11.9 Å². The molecule has 2 heterocycles. The highest BCUT2D eigenvalue weighted by Gasteiger charge is 1.99. The van der Waals surface area contributed by atoms with Gasteiger partial charge in [-0.2, -0.15) is 10.2 Å². The van der Waals surface area contributed by atoms with Crippen LogP contribution in [0.4, 0.5) is 5.82 Å². The lowest BCUT2D eigenvalue weighted by Crippen LogP contribution is -2.07. The Balaban J connectivity index is 1.83. The Morgan fingerprint density at radius 3 is 2.88 bits per heavy atom. The second-order valence-corrected chi connectivity index (χ2v) is 2.92. The van der Waals surface area contributed by atoms with Gasteiger partial charge in [0, 0.05) is 13.0 Å². The predicted molar refractivity (Wildman–Crippen MR) is 53.2 cm³/mol. The Kier molecular flexibility index (Phi) is 3.04. The summed E-state index contributed by atoms with van der Waals surface area (Å²) in [5, 5.41) is 15.2. The summed E-state index contributed by atoms with van der Waals surface area (Å²) in [6.45, 7) is 0.625. The molecule has 0 saturated heterocycles. The van der Waals surface area contributed by atoms with E-state index in [0.717, 1.165) is 0 Å². The molecule has 0 amide bonds. The van der Waals surface area contributed by atoms with Crippen molar-refractivity contribution in [1.82, 2.24) is 20.1 Å². The van der Waals surface area contributed by atoms with Gasteiger partial charge in [0.15, 0.2) is 11.5 Å². The number of nitrogens with one attached hydrogen (secondary N) is 1. The molecule has 0 aliphatic rings. The molecule has 0 aliphatic heterocycles. The summed E-state index contributed by atoms with van der Waals surface area (Å²) in [6.07, 6.45) is 4.85. The quantitative estimate of drug-likeness (QED) is 0.788. The molecular weight excluding hydrogens is 208 g/mol. The first-order valence-corrected chi connectivity index (χ1v) is 4.60. The lowest BCUT2D eigenvalue weighted by molar-refractivity contribution is 0.410. The topological polar surface area (TPSA) is 101 Å². The molecule has 0 spiro atoms. The van der Waals surface area contributed by atoms with Gasteiger partial charge in [-0.3, -0.25) is 0 Å². The van der Waals surface area contributed by atoms with Gasteiger partial charge < -0.3 is 9.84 Å². The lowest BCUT2D eigenvalue weighted by Gasteiger charge is -2.01. The van der Waals surface area contributed by atoms with Crippen molar-refractivity contribution < 1.29 is 4.52 Å². The Bertz CT molecular complexity index is 472. The number of rotatable bonds is 4. The zero-order valence-corrected chi connectivity index (χ0v) is 8.29. The highest BCUT2D eigenvalue weighted by atomic mass is 16.5. The van der Waals surface area contributed by atoms with Crippen LogP contribution in [0.5, 0.6) is 0 Å². The van der Waals surface area contributed by atoms with E-state index in [-0.39, 0.29) is 0 Å². The van der Waals surface area contributed by atoms with Crippen LogP contribution in [0.15, 0.2) is 23.3 Å². The fourth-order valence-electron chi connectivity index (χ4n) is 1.08. The standard InChI is InChI=1S/C9H8N6O/c10-3-7-4-13-9(5-12-7)11-2-1-8-14-6-16-15-8/h4-6H,1-2H2,(H,11,13). The molecule has 0 atom stereocenters. The molecule has 0 aliphatic carbocycles. The van der Waals surface area contributed by atoms with E-state index in [4.69, 9.17) is 5.26 Å². The van der Waals surface area contributed by atoms with E-state index in [2.05, 4.69) is 29.9 Å². The minimum absolute atomic E-state index is 0.295. The Hall–Kier alpha value is -2.49. The molecule has 7 nitrogen and oxygen atoms in total. The van der Waals surface area contributed by atoms with Crippen LogP contribution >= 0.6 is 0 Å². The maximum atomic E-state index is 8.53. The number of hydrogen-bond donors (Lipinski definition) is 1. The van der Waals surface area contributed by atoms with Gasteiger partial charge in [0.05, 0.1) is 12.4 Å². The van der Waals surface area contributed by atoms with Gasteiger partial charge in [-0.15, -0.1) is 0 Å². The van der Waals surface area contributed by atoms with Crippen molar-refractivity contribution >= 4 is 5.82 Å². The zero-order valence-electron chi connectivity index (χ0n) is 8.29. The van der Waals surface area contributed by atoms with Crippen LogP contribution in [0.25, 0.3) is 0 Å². The van der Waals surface area contributed by atoms with Gasteiger partial charge >= 0.3 is 0 Å². The number of anilines is 1. The van der Waals surface area contributed by atoms with Gasteiger partial charge in [-0.1, -0.05) is 5.16 Å². The van der Waals surface area contributed by atoms with Gasteiger partial charge in [0.25, 0.3) is 0 Å². The summed E-state index contributed by atoms with van der Waals surface area (Å²) in [7, 11) is 0. The number of hydrogen-bond acceptors (Lipinski definition) is 7. The van der Waals surface area contributed by atoms with Crippen LogP contribution in [0.2, 0.25) is 0 Å². The number of nitrogens with zero attached hydrogens (tertiary/aromatic N) is 5. The van der Waals surface area contributed by atoms with Crippen LogP contribution in [0.1, 0.15) is 11.5 Å². The third-order valence-corrected chi connectivity index (χ3v) is 1.83. The summed E-state index contributed by atoms with van der Waals surface area (Å²) in [4.78, 5) is 11.8. The minimum Gasteiger partial charge on any atom is -0.368 e. The minimum atomic E-state index is 0.295. The summed E-state index contributed by atoms with van der Waals surface area (Å²) >= 11 is 0. The first-order valence-electron chi connectivity index (χ1n) is 4.60. The molecule has 2 rings (SSSR count). The van der Waals surface area contributed by atoms with Crippen molar-refractivity contribution in [3.63, 3.8) is 0 Å². The summed E-state index contributed by atoms with van der Waals surface area (Å²) in [5.74, 6) is 1.25. The molecule has 2 aromatic heterocycles. The maximum Gasteiger partial charge on any atom is 0.213 e. The molecule has 0 fully saturated rings. The normalized spacial score (nSPS) is 9.69. The lowest BCUT2D eigenvalue weighted by atomic mass is 10.4. The average Bonchev–Trinajstić information content (AvgIpc) is 2.83. The summed E-state index contributed by atoms with van der Waals surface area (Å²) < 4.78 is 4.59. The summed E-state index contributed by atoms with van der Waals surface area (Å²) in [6, 6.07) is 1.90. The van der Waals surface area contributed by atoms with Crippen LogP contribution in [0, 0.1) is 11.3 Å². The van der Waals surface area contributed by atoms with Gasteiger partial charge in [-0.25, -0.2) is 9.97 Å². The third-order valence-electron chi connectivity index (χ3n) is 1.83. The van der Waals surface area contributed by atoms with Gasteiger partial charge in [0.2, 0.25) is 6.39 Å². The molecule has 16 heavy (non-hydrogen) atoms. The monoisotopic (exact) mass is 216 g/mol. The molecule has 2 aromatic rings. The van der Waals surface area contributed by atoms with Crippen molar-refractivity contribution in [3.05, 3.63) is 30.3 Å². The van der Waals surface area contributed by atoms with Crippen LogP contribution in [0.3, 0.4) is 0 Å². The SMILES string of the molecule is N#Cc1cnc(NCCc2ncon2)cn1. The molecule has 80 valence electrons. The highest BCUT2D eigenvalue weighted by molar-refractivity contribution is 5.32. The zero-order chi connectivity index (χ0) is 11.2. The second kappa shape index (κ2) is 4.84. The first kappa shape index (κ1) is 10.0. The van der Waals surface area contributed by atoms with E-state index in [1.165, 1.54) is 18.8 Å². The third kappa shape index (κ3) is 2.51. The van der Waals surface area contributed by atoms with E-state index >= 15 is 0 Å². The van der Waals surface area contributed by atoms with Crippen molar-refractivity contribution in [2.45, 2.75) is 6.42 Å². The molecule has 1 N–H and O–H groups in total. The van der Waals surface area contributed by atoms with Crippen molar-refractivity contribution in [1.29, 1.82) is 5.26 Å². The Morgan fingerprint density at radius 2 is 2.25 bits per heavy atom. The number of aromatic nitrogens is 4. The van der Waals surface area contributed by atoms with Gasteiger partial charge in [-0.05, 0) is 0 Å². The number of nitriles is 1. The van der Waals surface area contributed by atoms with Crippen molar-refractivity contribution in [2.24, 2.45) is 0 Å². The van der Waals surface area contributed by atoms with E-state index in [1.54, 1.807) is 0 Å². The van der Waals surface area contributed by atoms with E-state index in [1.807, 2.05) is 6.07 Å². The molecular formula is C9H8N6O. The fourth-order valence-corrected chi connectivity index (χ4v) is 1.08. The second-order valence-electron chi connectivity index (χ2n) is 2.92. The Labute approximate surface area is 91.2 Å². The predicted octanol–water partition coefficient (Wildman–Crippen LogP) is 0.386. The maximum absolute atomic E-state index is 8.53. The van der Waals surface area contributed by atoms with E-state index in [0.29, 0.717) is 30.3 Å². The Morgan fingerprint density at radius 1 is 1.31 bits per heavy atom. The largest absolute Gasteiger partial charge is 0.368 e. The molecule has 0 aromatic carbocycles. The summed E-state index contributed by atoms with van der Waals surface area (Å²) in [5.41, 5.74) is 0.295. The molecule has 0 bridgehead atoms. The molecule has 0 unspecified atom stereocenters. The van der Waals surface area contributed by atoms with Crippen LogP contribution < -0.4 is 5.32 Å². The molecule has 0 radical (unpaired) electrons. The van der Waals surface area contributed by atoms with Gasteiger partial charge in [0.1, 0.15) is 11.9 Å². The average molecular weight is 216 g/mol.